The molecule has 0 radical (unpaired) electrons. The van der Waals surface area contributed by atoms with Gasteiger partial charge in [-0.3, -0.25) is 4.90 Å². The van der Waals surface area contributed by atoms with E-state index in [-0.39, 0.29) is 12.1 Å². The van der Waals surface area contributed by atoms with Gasteiger partial charge in [0.15, 0.2) is 0 Å². The largest absolute Gasteiger partial charge is 0.480 e. The van der Waals surface area contributed by atoms with Crippen LogP contribution in [0, 0.1) is 0 Å². The molecule has 2 amide bonds. The quantitative estimate of drug-likeness (QED) is 0.790. The van der Waals surface area contributed by atoms with Crippen molar-refractivity contribution < 1.29 is 14.7 Å². The van der Waals surface area contributed by atoms with E-state index in [9.17, 15) is 14.7 Å². The number of carbonyl (C=O) groups is 2. The summed E-state index contributed by atoms with van der Waals surface area (Å²) in [5.74, 6) is 0.406. The Bertz CT molecular complexity index is 420. The molecule has 0 aromatic carbocycles. The van der Waals surface area contributed by atoms with Crippen molar-refractivity contribution in [3.63, 3.8) is 0 Å². The third kappa shape index (κ3) is 3.13. The molecule has 0 bridgehead atoms. The minimum atomic E-state index is -0.900. The normalized spacial score (nSPS) is 33.5. The molecule has 0 saturated carbocycles. The van der Waals surface area contributed by atoms with Crippen LogP contribution in [0.2, 0.25) is 0 Å². The lowest BCUT2D eigenvalue weighted by Gasteiger charge is -2.36. The molecule has 118 valence electrons. The molecule has 6 nitrogen and oxygen atoms in total. The van der Waals surface area contributed by atoms with E-state index in [1.54, 1.807) is 11.8 Å². The lowest BCUT2D eigenvalue weighted by molar-refractivity contribution is -0.141. The zero-order valence-electron chi connectivity index (χ0n) is 12.2. The van der Waals surface area contributed by atoms with E-state index >= 15 is 0 Å². The Morgan fingerprint density at radius 2 is 2.00 bits per heavy atom. The highest BCUT2D eigenvalue weighted by molar-refractivity contribution is 7.99. The molecule has 3 saturated heterocycles. The van der Waals surface area contributed by atoms with Crippen LogP contribution in [-0.2, 0) is 4.79 Å². The van der Waals surface area contributed by atoms with Gasteiger partial charge in [-0.05, 0) is 25.8 Å². The van der Waals surface area contributed by atoms with Gasteiger partial charge in [0, 0.05) is 36.7 Å². The predicted octanol–water partition coefficient (Wildman–Crippen LogP) is 0.825. The smallest absolute Gasteiger partial charge is 0.327 e. The maximum absolute atomic E-state index is 12.5. The maximum atomic E-state index is 12.5. The number of thioether (sulfide) groups is 1. The van der Waals surface area contributed by atoms with Gasteiger partial charge in [0.05, 0.1) is 0 Å². The topological polar surface area (TPSA) is 72.9 Å². The van der Waals surface area contributed by atoms with Crippen molar-refractivity contribution in [2.45, 2.75) is 43.8 Å². The summed E-state index contributed by atoms with van der Waals surface area (Å²) >= 11 is 1.60. The summed E-state index contributed by atoms with van der Waals surface area (Å²) in [6.07, 6.45) is 4.60. The number of nitrogens with one attached hydrogen (secondary N) is 1. The van der Waals surface area contributed by atoms with Crippen LogP contribution in [-0.4, -0.2) is 76.2 Å². The zero-order valence-corrected chi connectivity index (χ0v) is 13.0. The average Bonchev–Trinajstić information content (AvgIpc) is 2.90. The molecule has 3 unspecified atom stereocenters. The fraction of sp³-hybridized carbons (Fsp3) is 0.857. The van der Waals surface area contributed by atoms with E-state index in [0.29, 0.717) is 18.3 Å². The van der Waals surface area contributed by atoms with E-state index in [0.717, 1.165) is 31.7 Å². The third-order valence-electron chi connectivity index (χ3n) is 4.84. The summed E-state index contributed by atoms with van der Waals surface area (Å²) in [7, 11) is 0. The van der Waals surface area contributed by atoms with Gasteiger partial charge in [-0.2, -0.15) is 11.8 Å². The number of nitrogens with zero attached hydrogens (tertiary/aromatic N) is 2. The van der Waals surface area contributed by atoms with Crippen LogP contribution in [0.25, 0.3) is 0 Å². The Morgan fingerprint density at radius 3 is 2.81 bits per heavy atom. The molecule has 7 heteroatoms. The summed E-state index contributed by atoms with van der Waals surface area (Å²) in [5.41, 5.74) is 0. The molecule has 3 aliphatic heterocycles. The van der Waals surface area contributed by atoms with Crippen molar-refractivity contribution in [1.82, 2.24) is 15.1 Å². The minimum absolute atomic E-state index is 0.182. The summed E-state index contributed by atoms with van der Waals surface area (Å²) < 4.78 is 0. The van der Waals surface area contributed by atoms with Crippen LogP contribution >= 0.6 is 11.8 Å². The molecular formula is C14H23N3O3S. The maximum Gasteiger partial charge on any atom is 0.327 e. The highest BCUT2D eigenvalue weighted by atomic mass is 32.2. The second-order valence-electron chi connectivity index (χ2n) is 6.07. The van der Waals surface area contributed by atoms with Crippen LogP contribution in [0.15, 0.2) is 0 Å². The molecular weight excluding hydrogens is 290 g/mol. The van der Waals surface area contributed by atoms with Crippen molar-refractivity contribution in [3.05, 3.63) is 0 Å². The summed E-state index contributed by atoms with van der Waals surface area (Å²) in [6.45, 7) is 2.71. The van der Waals surface area contributed by atoms with Gasteiger partial charge in [-0.25, -0.2) is 9.59 Å². The fourth-order valence-electron chi connectivity index (χ4n) is 3.71. The number of fused-ring (bicyclic) bond motifs is 1. The molecule has 3 rings (SSSR count). The monoisotopic (exact) mass is 313 g/mol. The summed E-state index contributed by atoms with van der Waals surface area (Å²) in [4.78, 5) is 27.7. The molecule has 21 heavy (non-hydrogen) atoms. The summed E-state index contributed by atoms with van der Waals surface area (Å²) in [6, 6.07) is -0.250. The van der Waals surface area contributed by atoms with Crippen LogP contribution in [0.5, 0.6) is 0 Å². The van der Waals surface area contributed by atoms with Gasteiger partial charge in [0.1, 0.15) is 6.04 Å². The number of carboxylic acids is 1. The SMILES string of the molecule is O=C(O)C1CSCCN1C(=O)NC1CCN2CCCCC12. The standard InChI is InChI=1S/C14H23N3O3S/c18-13(19)12-9-21-8-7-17(12)14(20)15-10-4-6-16-5-2-1-3-11(10)16/h10-12H,1-9H2,(H,15,20)(H,18,19). The Hall–Kier alpha value is -0.950. The van der Waals surface area contributed by atoms with Crippen LogP contribution in [0.4, 0.5) is 4.79 Å². The van der Waals surface area contributed by atoms with Gasteiger partial charge in [0.2, 0.25) is 0 Å². The minimum Gasteiger partial charge on any atom is -0.480 e. The molecule has 3 aliphatic rings. The number of urea groups is 1. The van der Waals surface area contributed by atoms with Gasteiger partial charge < -0.3 is 15.3 Å². The first-order valence-electron chi connectivity index (χ1n) is 7.78. The van der Waals surface area contributed by atoms with Gasteiger partial charge >= 0.3 is 12.0 Å². The van der Waals surface area contributed by atoms with Crippen molar-refractivity contribution >= 4 is 23.8 Å². The van der Waals surface area contributed by atoms with E-state index in [2.05, 4.69) is 10.2 Å². The second-order valence-corrected chi connectivity index (χ2v) is 7.22. The number of carboxylic acid groups (broad SMARTS) is 1. The van der Waals surface area contributed by atoms with Crippen molar-refractivity contribution in [1.29, 1.82) is 0 Å². The molecule has 0 spiro atoms. The average molecular weight is 313 g/mol. The molecule has 2 N–H and O–H groups in total. The Kier molecular flexibility index (Phi) is 4.59. The molecule has 3 fully saturated rings. The van der Waals surface area contributed by atoms with Crippen LogP contribution in [0.3, 0.4) is 0 Å². The Balaban J connectivity index is 1.61. The number of rotatable bonds is 2. The van der Waals surface area contributed by atoms with Gasteiger partial charge in [-0.15, -0.1) is 0 Å². The predicted molar refractivity (Wildman–Crippen MR) is 81.6 cm³/mol. The molecule has 0 aromatic rings. The van der Waals surface area contributed by atoms with Crippen molar-refractivity contribution in [2.24, 2.45) is 0 Å². The molecule has 0 aromatic heterocycles. The lowest BCUT2D eigenvalue weighted by Crippen LogP contribution is -2.57. The Morgan fingerprint density at radius 1 is 1.14 bits per heavy atom. The fourth-order valence-corrected chi connectivity index (χ4v) is 4.75. The lowest BCUT2D eigenvalue weighted by atomic mass is 9.99. The van der Waals surface area contributed by atoms with E-state index in [4.69, 9.17) is 0 Å². The van der Waals surface area contributed by atoms with E-state index in [1.165, 1.54) is 17.7 Å². The first-order valence-corrected chi connectivity index (χ1v) is 8.94. The number of piperidine rings is 1. The summed E-state index contributed by atoms with van der Waals surface area (Å²) in [5, 5.41) is 12.4. The first-order chi connectivity index (χ1) is 10.2. The van der Waals surface area contributed by atoms with Crippen LogP contribution < -0.4 is 5.32 Å². The number of aliphatic carboxylic acids is 1. The van der Waals surface area contributed by atoms with E-state index in [1.807, 2.05) is 0 Å². The number of hydrogen-bond donors (Lipinski definition) is 2. The Labute approximate surface area is 129 Å². The number of carbonyl (C=O) groups excluding carboxylic acids is 1. The third-order valence-corrected chi connectivity index (χ3v) is 5.86. The molecule has 0 aliphatic carbocycles. The van der Waals surface area contributed by atoms with Crippen molar-refractivity contribution in [3.8, 4) is 0 Å². The number of hydrogen-bond acceptors (Lipinski definition) is 4. The van der Waals surface area contributed by atoms with Gasteiger partial charge in [-0.1, -0.05) is 6.42 Å². The van der Waals surface area contributed by atoms with E-state index < -0.39 is 12.0 Å². The highest BCUT2D eigenvalue weighted by Crippen LogP contribution is 2.27. The highest BCUT2D eigenvalue weighted by Gasteiger charge is 2.39. The van der Waals surface area contributed by atoms with Gasteiger partial charge in [0.25, 0.3) is 0 Å². The first kappa shape index (κ1) is 15.0. The molecule has 3 atom stereocenters. The molecule has 3 heterocycles. The number of amides is 2. The van der Waals surface area contributed by atoms with Crippen LogP contribution in [0.1, 0.15) is 25.7 Å². The zero-order chi connectivity index (χ0) is 14.8. The second kappa shape index (κ2) is 6.44. The van der Waals surface area contributed by atoms with Crippen molar-refractivity contribution in [2.75, 3.05) is 31.1 Å².